The van der Waals surface area contributed by atoms with Gasteiger partial charge in [0.1, 0.15) is 29.9 Å². The topological polar surface area (TPSA) is 149 Å². The number of hydrogen-bond acceptors (Lipinski definition) is 9. The molecule has 0 unspecified atom stereocenters. The minimum absolute atomic E-state index is 0.460. The minimum atomic E-state index is -5.92. The molecule has 1 aliphatic carbocycles. The van der Waals surface area contributed by atoms with Crippen molar-refractivity contribution in [1.82, 2.24) is 29.9 Å². The number of hydrogen-bond donors (Lipinski definition) is 0. The van der Waals surface area contributed by atoms with Gasteiger partial charge in [-0.1, -0.05) is 0 Å². The Kier molecular flexibility index (Phi) is 9.84. The molecule has 9 nitrogen and oxygen atoms in total. The smallest absolute Gasteiger partial charge is 0.238 e. The van der Waals surface area contributed by atoms with Gasteiger partial charge < -0.3 is 0 Å². The van der Waals surface area contributed by atoms with Gasteiger partial charge in [0.15, 0.2) is 22.8 Å². The Morgan fingerprint density at radius 3 is 0.981 bits per heavy atom. The van der Waals surface area contributed by atoms with E-state index in [1.807, 2.05) is 0 Å². The Morgan fingerprint density at radius 2 is 0.667 bits per heavy atom. The molecule has 0 aromatic carbocycles. The van der Waals surface area contributed by atoms with E-state index >= 15 is 0 Å². The summed E-state index contributed by atoms with van der Waals surface area (Å²) in [6.45, 7) is 2.81. The summed E-state index contributed by atoms with van der Waals surface area (Å²) < 4.78 is 212. The third kappa shape index (κ3) is 7.38. The third-order valence-electron chi connectivity index (χ3n) is 7.16. The lowest BCUT2D eigenvalue weighted by atomic mass is 9.98. The summed E-state index contributed by atoms with van der Waals surface area (Å²) in [5.74, 6) is -4.18. The monoisotopic (exact) mass is 783 g/mol. The number of halogens is 15. The molecule has 282 valence electrons. The van der Waals surface area contributed by atoms with Crippen LogP contribution in [0.25, 0.3) is 16.7 Å². The van der Waals surface area contributed by atoms with Gasteiger partial charge in [-0.15, -0.1) is 0 Å². The molecule has 0 atom stereocenters. The number of allylic oxidation sites excluding steroid dienone is 6. The maximum Gasteiger partial charge on any atom is 0.451 e. The standard InChI is InChI=1S/C30H12F15N9/c1-8-15(21(26(31,32)33)51-10(3)49-8)12(5-46)17-18(13(6-47)16-9(2)50-25(30(43,44)45)54-22(16)27(34,35)36)19(17)14(7-48)20-23(28(37,38)39)52-11(4)53-24(20)29(40,41)42/h1-4H3. The Bertz CT molecular complexity index is 2300. The van der Waals surface area contributed by atoms with E-state index in [9.17, 15) is 81.6 Å². The molecule has 1 fully saturated rings. The summed E-state index contributed by atoms with van der Waals surface area (Å²) in [5, 5.41) is 30.4. The largest absolute Gasteiger partial charge is 0.451 e. The SMILES string of the molecule is Cc1nc(C)c(C(C#N)=C2C(=C(C#N)c3c(C)nc(C(F)(F)F)nc3C(F)(F)F)C2=C(C#N)c2c(C(F)(F)F)nc(C)nc2C(F)(F)F)c(C(F)(F)F)n1. The molecule has 0 bridgehead atoms. The van der Waals surface area contributed by atoms with E-state index in [2.05, 4.69) is 29.9 Å². The number of rotatable bonds is 3. The summed E-state index contributed by atoms with van der Waals surface area (Å²) in [6.07, 6.45) is -28.8. The van der Waals surface area contributed by atoms with Gasteiger partial charge in [-0.3, -0.25) is 0 Å². The van der Waals surface area contributed by atoms with E-state index in [-0.39, 0.29) is 0 Å². The summed E-state index contributed by atoms with van der Waals surface area (Å²) in [7, 11) is 0. The Balaban J connectivity index is 2.44. The van der Waals surface area contributed by atoms with E-state index in [1.54, 1.807) is 0 Å². The fourth-order valence-electron chi connectivity index (χ4n) is 5.29. The molecule has 0 saturated heterocycles. The van der Waals surface area contributed by atoms with Crippen molar-refractivity contribution in [3.63, 3.8) is 0 Å². The lowest BCUT2D eigenvalue weighted by molar-refractivity contribution is -0.153. The molecule has 0 aliphatic heterocycles. The van der Waals surface area contributed by atoms with Crippen LogP contribution in [0.5, 0.6) is 0 Å². The predicted molar refractivity (Wildman–Crippen MR) is 148 cm³/mol. The van der Waals surface area contributed by atoms with Crippen LogP contribution in [0.3, 0.4) is 0 Å². The summed E-state index contributed by atoms with van der Waals surface area (Å²) in [4.78, 5) is 18.1. The van der Waals surface area contributed by atoms with Crippen LogP contribution in [0.4, 0.5) is 65.9 Å². The number of alkyl halides is 15. The van der Waals surface area contributed by atoms with E-state index < -0.39 is 133 Å². The highest BCUT2D eigenvalue weighted by molar-refractivity contribution is 6.13. The molecular weight excluding hydrogens is 771 g/mol. The second kappa shape index (κ2) is 13.1. The van der Waals surface area contributed by atoms with E-state index in [4.69, 9.17) is 0 Å². The van der Waals surface area contributed by atoms with Crippen LogP contribution in [0.15, 0.2) is 16.7 Å². The van der Waals surface area contributed by atoms with Gasteiger partial charge in [0.25, 0.3) is 0 Å². The van der Waals surface area contributed by atoms with Crippen molar-refractivity contribution in [1.29, 1.82) is 15.8 Å². The fraction of sp³-hybridized carbons (Fsp3) is 0.300. The molecule has 1 aliphatic rings. The first-order valence-electron chi connectivity index (χ1n) is 13.9. The quantitative estimate of drug-likeness (QED) is 0.188. The highest BCUT2D eigenvalue weighted by Crippen LogP contribution is 2.59. The zero-order valence-electron chi connectivity index (χ0n) is 26.7. The summed E-state index contributed by atoms with van der Waals surface area (Å²) in [6, 6.07) is 3.24. The predicted octanol–water partition coefficient (Wildman–Crippen LogP) is 8.63. The van der Waals surface area contributed by atoms with Crippen molar-refractivity contribution >= 4 is 16.7 Å². The van der Waals surface area contributed by atoms with E-state index in [0.717, 1.165) is 26.0 Å². The highest BCUT2D eigenvalue weighted by Gasteiger charge is 2.51. The lowest BCUT2D eigenvalue weighted by Crippen LogP contribution is -2.21. The van der Waals surface area contributed by atoms with Crippen molar-refractivity contribution in [2.75, 3.05) is 0 Å². The van der Waals surface area contributed by atoms with Crippen LogP contribution in [-0.2, 0) is 30.9 Å². The van der Waals surface area contributed by atoms with Gasteiger partial charge in [-0.25, -0.2) is 29.9 Å². The fourth-order valence-corrected chi connectivity index (χ4v) is 5.29. The maximum absolute atomic E-state index is 14.3. The average molecular weight is 783 g/mol. The van der Waals surface area contributed by atoms with E-state index in [1.165, 1.54) is 6.07 Å². The van der Waals surface area contributed by atoms with Crippen molar-refractivity contribution in [2.24, 2.45) is 0 Å². The third-order valence-corrected chi connectivity index (χ3v) is 7.16. The first kappa shape index (κ1) is 40.6. The van der Waals surface area contributed by atoms with Gasteiger partial charge in [0.05, 0.1) is 33.7 Å². The normalized spacial score (nSPS) is 16.7. The summed E-state index contributed by atoms with van der Waals surface area (Å²) >= 11 is 0. The molecule has 1 saturated carbocycles. The van der Waals surface area contributed by atoms with Crippen LogP contribution < -0.4 is 0 Å². The van der Waals surface area contributed by atoms with Crippen molar-refractivity contribution in [3.8, 4) is 18.2 Å². The minimum Gasteiger partial charge on any atom is -0.238 e. The first-order chi connectivity index (χ1) is 24.5. The number of aromatic nitrogens is 6. The molecule has 3 aromatic rings. The molecule has 0 spiro atoms. The van der Waals surface area contributed by atoms with Crippen LogP contribution in [0.1, 0.15) is 68.3 Å². The number of nitrogens with zero attached hydrogens (tertiary/aromatic N) is 9. The molecule has 0 amide bonds. The van der Waals surface area contributed by atoms with Crippen LogP contribution in [0.2, 0.25) is 0 Å². The lowest BCUT2D eigenvalue weighted by Gasteiger charge is -2.17. The first-order valence-corrected chi connectivity index (χ1v) is 13.9. The van der Waals surface area contributed by atoms with Gasteiger partial charge >= 0.3 is 30.9 Å². The van der Waals surface area contributed by atoms with Gasteiger partial charge in [0, 0.05) is 27.8 Å². The van der Waals surface area contributed by atoms with Crippen molar-refractivity contribution in [2.45, 2.75) is 58.6 Å². The maximum atomic E-state index is 14.3. The summed E-state index contributed by atoms with van der Waals surface area (Å²) in [5.41, 5.74) is -25.8. The molecular formula is C30H12F15N9. The zero-order valence-corrected chi connectivity index (χ0v) is 26.7. The van der Waals surface area contributed by atoms with Crippen molar-refractivity contribution in [3.05, 3.63) is 85.0 Å². The Labute approximate surface area is 290 Å². The molecule has 0 N–H and O–H groups in total. The highest BCUT2D eigenvalue weighted by atomic mass is 19.4. The number of nitriles is 3. The van der Waals surface area contributed by atoms with E-state index in [0.29, 0.717) is 13.8 Å². The van der Waals surface area contributed by atoms with Crippen LogP contribution in [-0.4, -0.2) is 29.9 Å². The van der Waals surface area contributed by atoms with Crippen LogP contribution >= 0.6 is 0 Å². The van der Waals surface area contributed by atoms with Gasteiger partial charge in [-0.05, 0) is 27.7 Å². The molecule has 0 radical (unpaired) electrons. The average Bonchev–Trinajstić information content (AvgIpc) is 3.71. The molecule has 24 heteroatoms. The van der Waals surface area contributed by atoms with Crippen LogP contribution in [0, 0.1) is 61.7 Å². The Hall–Kier alpha value is -6.12. The van der Waals surface area contributed by atoms with Gasteiger partial charge in [-0.2, -0.15) is 81.6 Å². The number of aryl methyl sites for hydroxylation is 4. The second-order valence-electron chi connectivity index (χ2n) is 10.9. The zero-order chi connectivity index (χ0) is 41.3. The van der Waals surface area contributed by atoms with Gasteiger partial charge in [0.2, 0.25) is 5.82 Å². The Morgan fingerprint density at radius 1 is 0.389 bits per heavy atom. The molecule has 54 heavy (non-hydrogen) atoms. The molecule has 3 aromatic heterocycles. The molecule has 4 rings (SSSR count). The van der Waals surface area contributed by atoms with Crippen molar-refractivity contribution < 1.29 is 65.9 Å². The molecule has 3 heterocycles. The second-order valence-corrected chi connectivity index (χ2v) is 10.9.